The number of anilines is 1. The summed E-state index contributed by atoms with van der Waals surface area (Å²) >= 11 is 0. The average molecular weight is 280 g/mol. The molecule has 2 rings (SSSR count). The number of hydrogen-bond acceptors (Lipinski definition) is 2. The molecule has 0 atom stereocenters. The Morgan fingerprint density at radius 3 is 2.62 bits per heavy atom. The van der Waals surface area contributed by atoms with Crippen LogP contribution in [0.15, 0.2) is 50.2 Å². The average Bonchev–Trinajstić information content (AvgIpc) is 2.49. The van der Waals surface area contributed by atoms with Gasteiger partial charge in [-0.05, 0) is 36.2 Å². The highest BCUT2D eigenvalue weighted by atomic mass is 19.1. The van der Waals surface area contributed by atoms with Gasteiger partial charge in [-0.2, -0.15) is 0 Å². The maximum Gasteiger partial charge on any atom is 0.146 e. The Hall–Kier alpha value is -2.68. The molecule has 0 aliphatic carbocycles. The number of nitrogens with one attached hydrogen (secondary N) is 1. The number of benzene rings is 1. The number of nitrogens with zero attached hydrogens (tertiary/aromatic N) is 1. The van der Waals surface area contributed by atoms with Crippen LogP contribution >= 0.6 is 0 Å². The van der Waals surface area contributed by atoms with E-state index >= 15 is 0 Å². The Morgan fingerprint density at radius 2 is 2.00 bits per heavy atom. The van der Waals surface area contributed by atoms with Crippen LogP contribution < -0.4 is 5.32 Å². The number of halogens is 1. The maximum atomic E-state index is 13.9. The van der Waals surface area contributed by atoms with Gasteiger partial charge in [0.15, 0.2) is 0 Å². The monoisotopic (exact) mass is 280 g/mol. The summed E-state index contributed by atoms with van der Waals surface area (Å²) < 4.78 is 13.9. The number of rotatable bonds is 5. The van der Waals surface area contributed by atoms with Crippen molar-refractivity contribution >= 4 is 23.5 Å². The molecule has 0 saturated carbocycles. The Labute approximate surface area is 124 Å². The molecule has 0 saturated heterocycles. The first-order valence-corrected chi connectivity index (χ1v) is 6.53. The van der Waals surface area contributed by atoms with Crippen molar-refractivity contribution < 1.29 is 4.39 Å². The maximum absolute atomic E-state index is 13.9. The second kappa shape index (κ2) is 6.18. The lowest BCUT2D eigenvalue weighted by atomic mass is 10.0. The minimum atomic E-state index is -0.323. The molecule has 0 fully saturated rings. The molecule has 0 unspecified atom stereocenters. The lowest BCUT2D eigenvalue weighted by Gasteiger charge is -2.14. The van der Waals surface area contributed by atoms with E-state index in [0.29, 0.717) is 17.1 Å². The second-order valence-corrected chi connectivity index (χ2v) is 4.66. The molecular weight excluding hydrogens is 263 g/mol. The van der Waals surface area contributed by atoms with E-state index in [4.69, 9.17) is 0 Å². The third kappa shape index (κ3) is 3.08. The van der Waals surface area contributed by atoms with Crippen molar-refractivity contribution in [1.29, 1.82) is 0 Å². The van der Waals surface area contributed by atoms with E-state index in [-0.39, 0.29) is 5.82 Å². The van der Waals surface area contributed by atoms with Gasteiger partial charge in [-0.1, -0.05) is 38.0 Å². The van der Waals surface area contributed by atoms with Gasteiger partial charge in [-0.15, -0.1) is 0 Å². The van der Waals surface area contributed by atoms with Gasteiger partial charge >= 0.3 is 0 Å². The highest BCUT2D eigenvalue weighted by Gasteiger charge is 2.10. The lowest BCUT2D eigenvalue weighted by molar-refractivity contribution is 0.631. The molecule has 2 nitrogen and oxygen atoms in total. The van der Waals surface area contributed by atoms with E-state index in [0.717, 1.165) is 16.7 Å². The van der Waals surface area contributed by atoms with Crippen LogP contribution in [0.25, 0.3) is 17.8 Å². The molecule has 0 spiro atoms. The molecule has 1 aromatic carbocycles. The van der Waals surface area contributed by atoms with Crippen molar-refractivity contribution in [2.45, 2.75) is 6.92 Å². The van der Waals surface area contributed by atoms with Crippen molar-refractivity contribution in [3.05, 3.63) is 78.4 Å². The van der Waals surface area contributed by atoms with Crippen molar-refractivity contribution in [2.75, 3.05) is 5.32 Å². The third-order valence-corrected chi connectivity index (χ3v) is 3.14. The van der Waals surface area contributed by atoms with Gasteiger partial charge in [-0.3, -0.25) is 4.98 Å². The van der Waals surface area contributed by atoms with Gasteiger partial charge < -0.3 is 5.32 Å². The first kappa shape index (κ1) is 14.7. The van der Waals surface area contributed by atoms with E-state index in [1.54, 1.807) is 24.4 Å². The van der Waals surface area contributed by atoms with E-state index in [2.05, 4.69) is 30.0 Å². The van der Waals surface area contributed by atoms with Gasteiger partial charge in [0.2, 0.25) is 0 Å². The van der Waals surface area contributed by atoms with Crippen LogP contribution in [0.2, 0.25) is 0 Å². The standard InChI is InChI=1S/C18H17FN2/c1-5-14-9-10-20-18(15(14)6-2)13(4)21-17-8-7-12(3)11-16(17)19/h5-11,21H,1-2,4H2,3H3. The molecule has 0 aliphatic heterocycles. The summed E-state index contributed by atoms with van der Waals surface area (Å²) in [6, 6.07) is 6.83. The lowest BCUT2D eigenvalue weighted by Crippen LogP contribution is -2.04. The van der Waals surface area contributed by atoms with Crippen LogP contribution in [-0.2, 0) is 0 Å². The normalized spacial score (nSPS) is 10.0. The van der Waals surface area contributed by atoms with Gasteiger partial charge in [0.1, 0.15) is 5.82 Å². The van der Waals surface area contributed by atoms with Crippen LogP contribution in [-0.4, -0.2) is 4.98 Å². The number of hydrogen-bond donors (Lipinski definition) is 1. The molecule has 2 aromatic rings. The molecular formula is C18H17FN2. The summed E-state index contributed by atoms with van der Waals surface area (Å²) in [5, 5.41) is 2.97. The number of aryl methyl sites for hydroxylation is 1. The minimum Gasteiger partial charge on any atom is -0.352 e. The van der Waals surface area contributed by atoms with E-state index in [9.17, 15) is 4.39 Å². The van der Waals surface area contributed by atoms with Crippen LogP contribution in [0.4, 0.5) is 10.1 Å². The van der Waals surface area contributed by atoms with Crippen molar-refractivity contribution in [3.63, 3.8) is 0 Å². The smallest absolute Gasteiger partial charge is 0.146 e. The summed E-state index contributed by atoms with van der Waals surface area (Å²) in [4.78, 5) is 4.30. The fourth-order valence-electron chi connectivity index (χ4n) is 2.06. The molecule has 0 bridgehead atoms. The summed E-state index contributed by atoms with van der Waals surface area (Å²) in [6.45, 7) is 13.3. The Morgan fingerprint density at radius 1 is 1.24 bits per heavy atom. The van der Waals surface area contributed by atoms with Crippen LogP contribution in [0, 0.1) is 12.7 Å². The summed E-state index contributed by atoms with van der Waals surface area (Å²) in [6.07, 6.45) is 5.08. The molecule has 1 aromatic heterocycles. The summed E-state index contributed by atoms with van der Waals surface area (Å²) in [7, 11) is 0. The zero-order valence-electron chi connectivity index (χ0n) is 12.0. The van der Waals surface area contributed by atoms with Gasteiger partial charge in [0.25, 0.3) is 0 Å². The Balaban J connectivity index is 2.37. The van der Waals surface area contributed by atoms with Crippen LogP contribution in [0.5, 0.6) is 0 Å². The molecule has 0 radical (unpaired) electrons. The second-order valence-electron chi connectivity index (χ2n) is 4.66. The number of aromatic nitrogens is 1. The summed E-state index contributed by atoms with van der Waals surface area (Å²) in [5.74, 6) is -0.323. The predicted molar refractivity (Wildman–Crippen MR) is 88.2 cm³/mol. The zero-order chi connectivity index (χ0) is 15.4. The highest BCUT2D eigenvalue weighted by Crippen LogP contribution is 2.24. The quantitative estimate of drug-likeness (QED) is 0.842. The minimum absolute atomic E-state index is 0.323. The fourth-order valence-corrected chi connectivity index (χ4v) is 2.06. The zero-order valence-corrected chi connectivity index (χ0v) is 12.0. The van der Waals surface area contributed by atoms with E-state index in [1.807, 2.05) is 19.1 Å². The first-order chi connectivity index (χ1) is 10.1. The fraction of sp³-hybridized carbons (Fsp3) is 0.0556. The van der Waals surface area contributed by atoms with Gasteiger partial charge in [0.05, 0.1) is 17.1 Å². The van der Waals surface area contributed by atoms with E-state index in [1.165, 1.54) is 6.07 Å². The molecule has 1 N–H and O–H groups in total. The van der Waals surface area contributed by atoms with Gasteiger partial charge in [0, 0.05) is 11.8 Å². The summed E-state index contributed by atoms with van der Waals surface area (Å²) in [5.41, 5.74) is 4.09. The predicted octanol–water partition coefficient (Wildman–Crippen LogP) is 4.90. The van der Waals surface area contributed by atoms with Crippen molar-refractivity contribution in [2.24, 2.45) is 0 Å². The van der Waals surface area contributed by atoms with Crippen molar-refractivity contribution in [3.8, 4) is 0 Å². The van der Waals surface area contributed by atoms with Crippen LogP contribution in [0.3, 0.4) is 0 Å². The van der Waals surface area contributed by atoms with E-state index < -0.39 is 0 Å². The Kier molecular flexibility index (Phi) is 4.33. The molecule has 0 aliphatic rings. The third-order valence-electron chi connectivity index (χ3n) is 3.14. The SMILES string of the molecule is C=Cc1ccnc(C(=C)Nc2ccc(C)cc2F)c1C=C. The first-order valence-electron chi connectivity index (χ1n) is 6.53. The molecule has 106 valence electrons. The molecule has 1 heterocycles. The van der Waals surface area contributed by atoms with Crippen LogP contribution in [0.1, 0.15) is 22.4 Å². The molecule has 0 amide bonds. The number of pyridine rings is 1. The largest absolute Gasteiger partial charge is 0.352 e. The highest BCUT2D eigenvalue weighted by molar-refractivity contribution is 5.81. The van der Waals surface area contributed by atoms with Gasteiger partial charge in [-0.25, -0.2) is 4.39 Å². The molecule has 3 heteroatoms. The topological polar surface area (TPSA) is 24.9 Å². The molecule has 21 heavy (non-hydrogen) atoms. The van der Waals surface area contributed by atoms with Crippen molar-refractivity contribution in [1.82, 2.24) is 4.98 Å². The Bertz CT molecular complexity index is 717.